The third-order valence-electron chi connectivity index (χ3n) is 1.85. The molecule has 2 aromatic rings. The lowest BCUT2D eigenvalue weighted by atomic mass is 10.3. The number of hydrogen-bond acceptors (Lipinski definition) is 5. The van der Waals surface area contributed by atoms with Crippen LogP contribution in [-0.2, 0) is 5.75 Å². The second kappa shape index (κ2) is 5.35. The highest BCUT2D eigenvalue weighted by molar-refractivity contribution is 9.10. The van der Waals surface area contributed by atoms with Gasteiger partial charge in [-0.25, -0.2) is 0 Å². The molecule has 0 fully saturated rings. The molecule has 2 N–H and O–H groups in total. The van der Waals surface area contributed by atoms with Crippen LogP contribution in [0.3, 0.4) is 0 Å². The topological polar surface area (TPSA) is 51.8 Å². The number of rotatable bonds is 3. The smallest absolute Gasteiger partial charge is 0.138 e. The van der Waals surface area contributed by atoms with Gasteiger partial charge in [-0.15, -0.1) is 16.9 Å². The van der Waals surface area contributed by atoms with Gasteiger partial charge in [-0.05, 0) is 18.2 Å². The SMILES string of the molecule is Nc1cc(Br)ccc1SCc1nnsc1Cl. The average molecular weight is 337 g/mol. The number of hydrogen-bond donors (Lipinski definition) is 1. The van der Waals surface area contributed by atoms with Crippen LogP contribution in [0.2, 0.25) is 4.34 Å². The van der Waals surface area contributed by atoms with Crippen molar-refractivity contribution in [3.05, 3.63) is 32.7 Å². The molecule has 0 bridgehead atoms. The molecule has 7 heteroatoms. The Balaban J connectivity index is 2.08. The summed E-state index contributed by atoms with van der Waals surface area (Å²) < 4.78 is 5.39. The molecule has 0 aliphatic carbocycles. The lowest BCUT2D eigenvalue weighted by Crippen LogP contribution is -1.89. The Hall–Kier alpha value is -0.300. The van der Waals surface area contributed by atoms with Gasteiger partial charge in [0.1, 0.15) is 10.0 Å². The van der Waals surface area contributed by atoms with Gasteiger partial charge in [0.05, 0.1) is 0 Å². The summed E-state index contributed by atoms with van der Waals surface area (Å²) in [6.45, 7) is 0. The zero-order valence-corrected chi connectivity index (χ0v) is 12.0. The molecule has 0 radical (unpaired) electrons. The molecule has 0 amide bonds. The molecular weight excluding hydrogens is 330 g/mol. The van der Waals surface area contributed by atoms with E-state index >= 15 is 0 Å². The van der Waals surface area contributed by atoms with Crippen molar-refractivity contribution in [3.8, 4) is 0 Å². The zero-order valence-electron chi connectivity index (χ0n) is 7.98. The summed E-state index contributed by atoms with van der Waals surface area (Å²) in [4.78, 5) is 1.02. The number of nitrogens with zero attached hydrogens (tertiary/aromatic N) is 2. The summed E-state index contributed by atoms with van der Waals surface area (Å²) in [5, 5.41) is 3.94. The predicted molar refractivity (Wildman–Crippen MR) is 73.0 cm³/mol. The first kappa shape index (κ1) is 12.2. The highest BCUT2D eigenvalue weighted by Gasteiger charge is 2.07. The van der Waals surface area contributed by atoms with E-state index in [2.05, 4.69) is 25.5 Å². The maximum atomic E-state index is 5.91. The Bertz CT molecular complexity index is 503. The van der Waals surface area contributed by atoms with Crippen LogP contribution in [0, 0.1) is 0 Å². The normalized spacial score (nSPS) is 10.6. The fourth-order valence-corrected chi connectivity index (χ4v) is 3.14. The molecule has 0 spiro atoms. The summed E-state index contributed by atoms with van der Waals surface area (Å²) in [6.07, 6.45) is 0. The van der Waals surface area contributed by atoms with Gasteiger partial charge in [0.15, 0.2) is 0 Å². The van der Waals surface area contributed by atoms with Crippen molar-refractivity contribution in [3.63, 3.8) is 0 Å². The molecule has 2 rings (SSSR count). The van der Waals surface area contributed by atoms with E-state index in [1.165, 1.54) is 11.5 Å². The minimum absolute atomic E-state index is 0.642. The van der Waals surface area contributed by atoms with E-state index in [1.54, 1.807) is 11.8 Å². The first-order chi connectivity index (χ1) is 7.66. The van der Waals surface area contributed by atoms with Crippen LogP contribution in [0.25, 0.3) is 0 Å². The van der Waals surface area contributed by atoms with Crippen molar-refractivity contribution in [2.24, 2.45) is 0 Å². The van der Waals surface area contributed by atoms with Crippen molar-refractivity contribution in [2.75, 3.05) is 5.73 Å². The summed E-state index contributed by atoms with van der Waals surface area (Å²) >= 11 is 12.1. The minimum atomic E-state index is 0.642. The fraction of sp³-hybridized carbons (Fsp3) is 0.111. The number of aromatic nitrogens is 2. The quantitative estimate of drug-likeness (QED) is 0.683. The molecule has 84 valence electrons. The van der Waals surface area contributed by atoms with E-state index in [1.807, 2.05) is 18.2 Å². The number of benzene rings is 1. The highest BCUT2D eigenvalue weighted by Crippen LogP contribution is 2.31. The number of nitrogen functional groups attached to an aromatic ring is 1. The molecule has 0 aliphatic rings. The summed E-state index contributed by atoms with van der Waals surface area (Å²) in [7, 11) is 0. The van der Waals surface area contributed by atoms with E-state index in [9.17, 15) is 0 Å². The van der Waals surface area contributed by atoms with Crippen molar-refractivity contribution in [1.29, 1.82) is 0 Å². The molecule has 0 unspecified atom stereocenters. The Morgan fingerprint density at radius 2 is 2.31 bits per heavy atom. The van der Waals surface area contributed by atoms with Crippen molar-refractivity contribution in [2.45, 2.75) is 10.6 Å². The molecule has 1 aromatic carbocycles. The van der Waals surface area contributed by atoms with Gasteiger partial charge in [-0.2, -0.15) is 0 Å². The van der Waals surface area contributed by atoms with Crippen LogP contribution < -0.4 is 5.73 Å². The number of thioether (sulfide) groups is 1. The minimum Gasteiger partial charge on any atom is -0.398 e. The Morgan fingerprint density at radius 1 is 1.50 bits per heavy atom. The lowest BCUT2D eigenvalue weighted by Gasteiger charge is -2.04. The summed E-state index contributed by atoms with van der Waals surface area (Å²) in [6, 6.07) is 5.81. The summed E-state index contributed by atoms with van der Waals surface area (Å²) in [5.74, 6) is 0.682. The Labute approximate surface area is 115 Å². The molecule has 3 nitrogen and oxygen atoms in total. The lowest BCUT2D eigenvalue weighted by molar-refractivity contribution is 1.07. The molecule has 16 heavy (non-hydrogen) atoms. The number of halogens is 2. The van der Waals surface area contributed by atoms with Gasteiger partial charge < -0.3 is 5.73 Å². The van der Waals surface area contributed by atoms with E-state index in [0.717, 1.165) is 20.7 Å². The van der Waals surface area contributed by atoms with Gasteiger partial charge >= 0.3 is 0 Å². The molecule has 0 atom stereocenters. The number of anilines is 1. The van der Waals surface area contributed by atoms with Gasteiger partial charge in [-0.3, -0.25) is 0 Å². The van der Waals surface area contributed by atoms with Gasteiger partial charge in [0.2, 0.25) is 0 Å². The van der Waals surface area contributed by atoms with Crippen LogP contribution >= 0.6 is 50.8 Å². The second-order valence-electron chi connectivity index (χ2n) is 2.96. The van der Waals surface area contributed by atoms with E-state index in [0.29, 0.717) is 10.1 Å². The van der Waals surface area contributed by atoms with Crippen LogP contribution in [0.1, 0.15) is 5.69 Å². The van der Waals surface area contributed by atoms with E-state index in [4.69, 9.17) is 17.3 Å². The standard InChI is InChI=1S/C9H7BrClN3S2/c10-5-1-2-8(6(12)3-5)15-4-7-9(11)16-14-13-7/h1-3H,4,12H2. The van der Waals surface area contributed by atoms with Gasteiger partial charge in [0.25, 0.3) is 0 Å². The zero-order chi connectivity index (χ0) is 11.5. The predicted octanol–water partition coefficient (Wildman–Crippen LogP) is 3.83. The molecule has 0 aliphatic heterocycles. The first-order valence-corrected chi connectivity index (χ1v) is 7.24. The van der Waals surface area contributed by atoms with Gasteiger partial charge in [0, 0.05) is 32.3 Å². The third kappa shape index (κ3) is 2.88. The second-order valence-corrected chi connectivity index (χ2v) is 6.25. The molecule has 0 saturated heterocycles. The maximum Gasteiger partial charge on any atom is 0.138 e. The van der Waals surface area contributed by atoms with Crippen LogP contribution in [-0.4, -0.2) is 9.59 Å². The average Bonchev–Trinajstić information content (AvgIpc) is 2.63. The van der Waals surface area contributed by atoms with E-state index < -0.39 is 0 Å². The highest BCUT2D eigenvalue weighted by atomic mass is 79.9. The molecule has 0 saturated carbocycles. The van der Waals surface area contributed by atoms with Crippen LogP contribution in [0.15, 0.2) is 27.6 Å². The first-order valence-electron chi connectivity index (χ1n) is 4.31. The molecule has 1 heterocycles. The van der Waals surface area contributed by atoms with E-state index in [-0.39, 0.29) is 0 Å². The Kier molecular flexibility index (Phi) is 4.07. The molecular formula is C9H7BrClN3S2. The van der Waals surface area contributed by atoms with Crippen molar-refractivity contribution in [1.82, 2.24) is 9.59 Å². The monoisotopic (exact) mass is 335 g/mol. The number of nitrogens with two attached hydrogens (primary N) is 1. The largest absolute Gasteiger partial charge is 0.398 e. The Morgan fingerprint density at radius 3 is 2.94 bits per heavy atom. The fourth-order valence-electron chi connectivity index (χ4n) is 1.08. The molecule has 1 aromatic heterocycles. The van der Waals surface area contributed by atoms with Crippen LogP contribution in [0.5, 0.6) is 0 Å². The van der Waals surface area contributed by atoms with Gasteiger partial charge in [-0.1, -0.05) is 32.0 Å². The van der Waals surface area contributed by atoms with Crippen molar-refractivity contribution < 1.29 is 0 Å². The third-order valence-corrected chi connectivity index (χ3v) is 4.42. The van der Waals surface area contributed by atoms with Crippen molar-refractivity contribution >= 4 is 56.5 Å². The summed E-state index contributed by atoms with van der Waals surface area (Å²) in [5.41, 5.74) is 7.44. The maximum absolute atomic E-state index is 5.91. The van der Waals surface area contributed by atoms with Crippen LogP contribution in [0.4, 0.5) is 5.69 Å².